The minimum Gasteiger partial charge on any atom is -0.443 e. The molecule has 0 saturated heterocycles. The van der Waals surface area contributed by atoms with Crippen molar-refractivity contribution in [2.75, 3.05) is 0 Å². The molecule has 0 spiro atoms. The smallest absolute Gasteiger partial charge is 0.443 e. The first kappa shape index (κ1) is 45.0. The molecule has 0 fully saturated rings. The van der Waals surface area contributed by atoms with Gasteiger partial charge in [-0.1, -0.05) is 0 Å². The fourth-order valence-corrected chi connectivity index (χ4v) is 3.25. The van der Waals surface area contributed by atoms with Crippen molar-refractivity contribution in [1.82, 2.24) is 4.57 Å². The number of aromatic nitrogens is 1. The molecule has 3 nitrogen and oxygen atoms in total. The molecule has 0 bridgehead atoms. The van der Waals surface area contributed by atoms with Crippen LogP contribution in [0.25, 0.3) is 0 Å². The lowest BCUT2D eigenvalue weighted by atomic mass is 9.86. The van der Waals surface area contributed by atoms with Crippen LogP contribution >= 0.6 is 0 Å². The molecule has 29 heteroatoms. The maximum absolute atomic E-state index is 14.9. The highest BCUT2D eigenvalue weighted by Gasteiger charge is 2.93. The molecule has 0 unspecified atom stereocenters. The van der Waals surface area contributed by atoms with Gasteiger partial charge >= 0.3 is 77.7 Å². The number of hydrogen-bond donors (Lipinski definition) is 0. The quantitative estimate of drug-likeness (QED) is 0.221. The highest BCUT2D eigenvalue weighted by Crippen LogP contribution is 2.66. The molecule has 0 radical (unpaired) electrons. The number of rotatable bonds is 10. The highest BCUT2D eigenvalue weighted by molar-refractivity contribution is 5.72. The average Bonchev–Trinajstić information content (AvgIpc) is 3.33. The van der Waals surface area contributed by atoms with Gasteiger partial charge in [-0.25, -0.2) is 4.79 Å². The van der Waals surface area contributed by atoms with Gasteiger partial charge in [0.25, 0.3) is 0 Å². The summed E-state index contributed by atoms with van der Waals surface area (Å²) in [7, 11) is 0. The molecule has 294 valence electrons. The van der Waals surface area contributed by atoms with Gasteiger partial charge < -0.3 is 4.74 Å². The van der Waals surface area contributed by atoms with E-state index in [-0.39, 0.29) is 0 Å². The van der Waals surface area contributed by atoms with Crippen LogP contribution in [0.5, 0.6) is 0 Å². The lowest BCUT2D eigenvalue weighted by Gasteiger charge is -2.41. The predicted octanol–water partition coefficient (Wildman–Crippen LogP) is 10.7. The number of alkyl halides is 26. The lowest BCUT2D eigenvalue weighted by Crippen LogP contribution is -2.70. The number of hydrogen-bond acceptors (Lipinski definition) is 2. The zero-order chi connectivity index (χ0) is 40.9. The number of carbonyl (C=O) groups excluding carboxylic acids is 1. The van der Waals surface area contributed by atoms with Crippen molar-refractivity contribution in [3.63, 3.8) is 0 Å². The van der Waals surface area contributed by atoms with Crippen molar-refractivity contribution >= 4 is 6.09 Å². The Morgan fingerprint density at radius 3 is 0.840 bits per heavy atom. The highest BCUT2D eigenvalue weighted by atomic mass is 19.4. The summed E-state index contributed by atoms with van der Waals surface area (Å²) in [6, 6.07) is 0. The van der Waals surface area contributed by atoms with Crippen LogP contribution in [0.3, 0.4) is 0 Å². The molecular formula is C21H11F26NO2. The molecule has 0 saturated carbocycles. The summed E-state index contributed by atoms with van der Waals surface area (Å²) in [6.07, 6.45) is -22.1. The van der Waals surface area contributed by atoms with E-state index in [1.807, 2.05) is 0 Å². The molecule has 1 aromatic heterocycles. The Morgan fingerprint density at radius 2 is 0.640 bits per heavy atom. The van der Waals surface area contributed by atoms with E-state index in [1.165, 1.54) is 0 Å². The number of carbonyl (C=O) groups is 1. The minimum atomic E-state index is -8.93. The van der Waals surface area contributed by atoms with Crippen LogP contribution < -0.4 is 0 Å². The first-order valence-electron chi connectivity index (χ1n) is 11.6. The van der Waals surface area contributed by atoms with E-state index >= 15 is 0 Å². The van der Waals surface area contributed by atoms with Gasteiger partial charge in [0.05, 0.1) is 11.1 Å². The predicted molar refractivity (Wildman–Crippen MR) is 106 cm³/mol. The number of ether oxygens (including phenoxy) is 1. The Balaban J connectivity index is 4.35. The second-order valence-electron chi connectivity index (χ2n) is 10.7. The molecule has 0 atom stereocenters. The molecule has 0 aliphatic heterocycles. The topological polar surface area (TPSA) is 31.2 Å². The minimum absolute atomic E-state index is 0.717. The fraction of sp³-hybridized carbons (Fsp3) is 0.762. The third-order valence-electron chi connectivity index (χ3n) is 5.97. The summed E-state index contributed by atoms with van der Waals surface area (Å²) >= 11 is 0. The van der Waals surface area contributed by atoms with Crippen LogP contribution in [-0.4, -0.2) is 76.0 Å². The number of halogens is 26. The van der Waals surface area contributed by atoms with Crippen molar-refractivity contribution in [2.45, 2.75) is 98.0 Å². The van der Waals surface area contributed by atoms with Crippen LogP contribution in [0.1, 0.15) is 31.9 Å². The van der Waals surface area contributed by atoms with Gasteiger partial charge in [0.1, 0.15) is 5.60 Å². The van der Waals surface area contributed by atoms with Gasteiger partial charge in [-0.15, -0.1) is 0 Å². The van der Waals surface area contributed by atoms with Crippen LogP contribution in [-0.2, 0) is 16.6 Å². The van der Waals surface area contributed by atoms with E-state index in [2.05, 4.69) is 4.74 Å². The van der Waals surface area contributed by atoms with E-state index < -0.39 is 111 Å². The molecule has 0 aliphatic carbocycles. The van der Waals surface area contributed by atoms with Crippen molar-refractivity contribution in [3.8, 4) is 0 Å². The van der Waals surface area contributed by atoms with Crippen molar-refractivity contribution < 1.29 is 124 Å². The monoisotopic (exact) mass is 803 g/mol. The van der Waals surface area contributed by atoms with Gasteiger partial charge in [0.2, 0.25) is 0 Å². The molecule has 1 heterocycles. The van der Waals surface area contributed by atoms with Gasteiger partial charge in [-0.2, -0.15) is 114 Å². The Kier molecular flexibility index (Phi) is 10.3. The molecule has 50 heavy (non-hydrogen) atoms. The van der Waals surface area contributed by atoms with Crippen LogP contribution in [0.4, 0.5) is 119 Å². The molecule has 0 amide bonds. The zero-order valence-electron chi connectivity index (χ0n) is 23.2. The first-order valence-corrected chi connectivity index (χ1v) is 11.6. The Labute approximate surface area is 257 Å². The van der Waals surface area contributed by atoms with Gasteiger partial charge in [0, 0.05) is 12.4 Å². The summed E-state index contributed by atoms with van der Waals surface area (Å²) in [6.45, 7) is 2.15. The van der Waals surface area contributed by atoms with Crippen LogP contribution in [0, 0.1) is 0 Å². The van der Waals surface area contributed by atoms with Gasteiger partial charge in [-0.3, -0.25) is 4.57 Å². The summed E-state index contributed by atoms with van der Waals surface area (Å²) < 4.78 is 357. The first-order chi connectivity index (χ1) is 21.2. The second-order valence-corrected chi connectivity index (χ2v) is 10.7. The van der Waals surface area contributed by atoms with Crippen LogP contribution in [0.15, 0.2) is 12.4 Å². The zero-order valence-corrected chi connectivity index (χ0v) is 23.2. The molecular weight excluding hydrogens is 792 g/mol. The standard InChI is InChI=1S/C21H11F26NO2/c1-9(2,3)50-8(49)48-4-6(10(22,23)12(26,27)14(30,31)16(34,35)18(38,39)20(42,43)44)7(5-48)11(24,25)13(28,29)15(32,33)17(36,37)19(40,41)21(45,46)47/h4-5H,1-3H3. The Bertz CT molecular complexity index is 1330. The van der Waals surface area contributed by atoms with Crippen LogP contribution in [0.2, 0.25) is 0 Å². The van der Waals surface area contributed by atoms with E-state index in [0.717, 1.165) is 0 Å². The number of nitrogens with zero attached hydrogens (tertiary/aromatic N) is 1. The van der Waals surface area contributed by atoms with Crippen molar-refractivity contribution in [1.29, 1.82) is 0 Å². The second kappa shape index (κ2) is 11.5. The molecule has 1 aromatic rings. The maximum atomic E-state index is 14.9. The molecule has 1 rings (SSSR count). The van der Waals surface area contributed by atoms with E-state index in [1.54, 1.807) is 0 Å². The summed E-state index contributed by atoms with van der Waals surface area (Å²) in [5.74, 6) is -86.4. The average molecular weight is 803 g/mol. The van der Waals surface area contributed by atoms with E-state index in [4.69, 9.17) is 0 Å². The summed E-state index contributed by atoms with van der Waals surface area (Å²) in [5, 5.41) is 0. The Morgan fingerprint density at radius 1 is 0.420 bits per heavy atom. The normalized spacial score (nSPS) is 16.2. The molecule has 0 aromatic carbocycles. The van der Waals surface area contributed by atoms with Gasteiger partial charge in [-0.05, 0) is 20.8 Å². The van der Waals surface area contributed by atoms with Crippen molar-refractivity contribution in [2.24, 2.45) is 0 Å². The third kappa shape index (κ3) is 6.03. The van der Waals surface area contributed by atoms with E-state index in [9.17, 15) is 119 Å². The SMILES string of the molecule is CC(C)(C)OC(=O)n1cc(C(F)(F)C(F)(F)C(F)(F)C(F)(F)C(F)(F)C(F)(F)F)c(C(F)(F)C(F)(F)C(F)(F)C(F)(F)C(F)(F)C(F)(F)F)c1. The molecule has 0 N–H and O–H groups in total. The Hall–Kier alpha value is -3.07. The summed E-state index contributed by atoms with van der Waals surface area (Å²) in [5.41, 5.74) is -10.9. The maximum Gasteiger partial charge on any atom is 0.460 e. The van der Waals surface area contributed by atoms with E-state index in [0.29, 0.717) is 20.8 Å². The third-order valence-corrected chi connectivity index (χ3v) is 5.97. The largest absolute Gasteiger partial charge is 0.460 e. The lowest BCUT2D eigenvalue weighted by molar-refractivity contribution is -0.444. The molecule has 0 aliphatic rings. The van der Waals surface area contributed by atoms with Crippen molar-refractivity contribution in [3.05, 3.63) is 23.5 Å². The summed E-state index contributed by atoms with van der Waals surface area (Å²) in [4.78, 5) is 12.1. The van der Waals surface area contributed by atoms with Gasteiger partial charge in [0.15, 0.2) is 0 Å². The fourth-order valence-electron chi connectivity index (χ4n) is 3.25.